The molecule has 1 atom stereocenters. The van der Waals surface area contributed by atoms with Gasteiger partial charge in [-0.15, -0.1) is 0 Å². The first-order chi connectivity index (χ1) is 9.41. The molecule has 1 saturated heterocycles. The van der Waals surface area contributed by atoms with Crippen LogP contribution in [0.15, 0.2) is 30.3 Å². The van der Waals surface area contributed by atoms with E-state index in [0.29, 0.717) is 0 Å². The minimum Gasteiger partial charge on any atom is -0.392 e. The molecule has 1 aliphatic rings. The maximum Gasteiger partial charge on any atom is 0.237 e. The topological polar surface area (TPSA) is 46.3 Å². The van der Waals surface area contributed by atoms with Gasteiger partial charge in [-0.25, -0.2) is 0 Å². The second kappa shape index (κ2) is 5.92. The van der Waals surface area contributed by atoms with Gasteiger partial charge >= 0.3 is 0 Å². The van der Waals surface area contributed by atoms with Gasteiger partial charge in [0.2, 0.25) is 5.91 Å². The smallest absolute Gasteiger partial charge is 0.237 e. The van der Waals surface area contributed by atoms with Gasteiger partial charge in [-0.1, -0.05) is 56.4 Å². The maximum atomic E-state index is 12.8. The molecule has 0 bridgehead atoms. The minimum atomic E-state index is -0.500. The van der Waals surface area contributed by atoms with Crippen LogP contribution in [-0.2, 0) is 4.79 Å². The van der Waals surface area contributed by atoms with E-state index >= 15 is 0 Å². The molecule has 1 amide bonds. The molecule has 0 spiro atoms. The second-order valence-electron chi connectivity index (χ2n) is 6.27. The van der Waals surface area contributed by atoms with Crippen molar-refractivity contribution >= 4 is 23.1 Å². The van der Waals surface area contributed by atoms with Crippen molar-refractivity contribution in [2.24, 2.45) is 11.1 Å². The van der Waals surface area contributed by atoms with Crippen LogP contribution in [0.25, 0.3) is 0 Å². The Balaban J connectivity index is 2.22. The number of hydrogen-bond acceptors (Lipinski definition) is 2. The molecule has 0 aromatic heterocycles. The van der Waals surface area contributed by atoms with E-state index in [1.165, 1.54) is 0 Å². The van der Waals surface area contributed by atoms with Crippen LogP contribution in [0.5, 0.6) is 0 Å². The predicted molar refractivity (Wildman–Crippen MR) is 85.6 cm³/mol. The van der Waals surface area contributed by atoms with Gasteiger partial charge in [0.05, 0.1) is 4.99 Å². The molecule has 4 heteroatoms. The summed E-state index contributed by atoms with van der Waals surface area (Å²) < 4.78 is 0. The molecule has 1 heterocycles. The van der Waals surface area contributed by atoms with Crippen LogP contribution in [0.3, 0.4) is 0 Å². The summed E-state index contributed by atoms with van der Waals surface area (Å²) in [5.74, 6) is -0.462. The van der Waals surface area contributed by atoms with E-state index in [4.69, 9.17) is 18.0 Å². The molecule has 1 unspecified atom stereocenters. The molecule has 1 aromatic rings. The maximum absolute atomic E-state index is 12.8. The van der Waals surface area contributed by atoms with Gasteiger partial charge in [0, 0.05) is 13.1 Å². The number of piperidine rings is 1. The average Bonchev–Trinajstić information content (AvgIpc) is 2.38. The highest BCUT2D eigenvalue weighted by atomic mass is 32.1. The van der Waals surface area contributed by atoms with Gasteiger partial charge in [0.15, 0.2) is 0 Å². The number of carbonyl (C=O) groups is 1. The molecule has 3 nitrogen and oxygen atoms in total. The third-order valence-corrected chi connectivity index (χ3v) is 4.11. The Labute approximate surface area is 126 Å². The van der Waals surface area contributed by atoms with Crippen molar-refractivity contribution in [3.8, 4) is 0 Å². The van der Waals surface area contributed by atoms with E-state index in [1.54, 1.807) is 0 Å². The summed E-state index contributed by atoms with van der Waals surface area (Å²) in [7, 11) is 0. The lowest BCUT2D eigenvalue weighted by Gasteiger charge is -2.39. The average molecular weight is 290 g/mol. The highest BCUT2D eigenvalue weighted by Gasteiger charge is 2.34. The molecule has 0 aliphatic carbocycles. The monoisotopic (exact) mass is 290 g/mol. The number of thiocarbonyl (C=S) groups is 1. The van der Waals surface area contributed by atoms with Crippen molar-refractivity contribution in [3.63, 3.8) is 0 Å². The molecule has 108 valence electrons. The lowest BCUT2D eigenvalue weighted by Crippen LogP contribution is -2.47. The molecule has 0 radical (unpaired) electrons. The van der Waals surface area contributed by atoms with Crippen LogP contribution in [0.1, 0.15) is 38.2 Å². The lowest BCUT2D eigenvalue weighted by atomic mass is 9.83. The largest absolute Gasteiger partial charge is 0.392 e. The molecular weight excluding hydrogens is 268 g/mol. The van der Waals surface area contributed by atoms with Crippen LogP contribution in [0.4, 0.5) is 0 Å². The normalized spacial score (nSPS) is 19.4. The minimum absolute atomic E-state index is 0.0384. The first kappa shape index (κ1) is 15.0. The van der Waals surface area contributed by atoms with Gasteiger partial charge in [-0.2, -0.15) is 0 Å². The van der Waals surface area contributed by atoms with Crippen LogP contribution in [-0.4, -0.2) is 28.9 Å². The third-order valence-electron chi connectivity index (χ3n) is 3.88. The number of nitrogens with two attached hydrogens (primary N) is 1. The highest BCUT2D eigenvalue weighted by Crippen LogP contribution is 2.30. The first-order valence-electron chi connectivity index (χ1n) is 7.04. The highest BCUT2D eigenvalue weighted by molar-refractivity contribution is 7.80. The molecule has 20 heavy (non-hydrogen) atoms. The van der Waals surface area contributed by atoms with Crippen LogP contribution in [0, 0.1) is 5.41 Å². The number of carbonyl (C=O) groups excluding carboxylic acids is 1. The summed E-state index contributed by atoms with van der Waals surface area (Å²) in [5, 5.41) is 0. The predicted octanol–water partition coefficient (Wildman–Crippen LogP) is 2.70. The summed E-state index contributed by atoms with van der Waals surface area (Å²) in [5.41, 5.74) is 6.88. The number of benzene rings is 1. The number of likely N-dealkylation sites (tertiary alicyclic amines) is 1. The van der Waals surface area contributed by atoms with Gasteiger partial charge in [0.25, 0.3) is 0 Å². The summed E-state index contributed by atoms with van der Waals surface area (Å²) in [6.07, 6.45) is 2.19. The summed E-state index contributed by atoms with van der Waals surface area (Å²) in [6, 6.07) is 9.57. The van der Waals surface area contributed by atoms with Crippen molar-refractivity contribution < 1.29 is 4.79 Å². The zero-order valence-corrected chi connectivity index (χ0v) is 13.0. The molecule has 0 saturated carbocycles. The van der Waals surface area contributed by atoms with Crippen molar-refractivity contribution in [1.29, 1.82) is 0 Å². The van der Waals surface area contributed by atoms with Crippen molar-refractivity contribution in [3.05, 3.63) is 35.9 Å². The molecule has 2 rings (SSSR count). The number of amides is 1. The van der Waals surface area contributed by atoms with E-state index in [0.717, 1.165) is 31.5 Å². The summed E-state index contributed by atoms with van der Waals surface area (Å²) in [6.45, 7) is 5.97. The van der Waals surface area contributed by atoms with Crippen LogP contribution < -0.4 is 5.73 Å². The molecule has 1 aromatic carbocycles. The molecule has 2 N–H and O–H groups in total. The number of nitrogens with zero attached hydrogens (tertiary/aromatic N) is 1. The Morgan fingerprint density at radius 2 is 2.00 bits per heavy atom. The fourth-order valence-corrected chi connectivity index (χ4v) is 3.10. The number of rotatable bonds is 3. The third kappa shape index (κ3) is 3.37. The van der Waals surface area contributed by atoms with E-state index in [1.807, 2.05) is 35.2 Å². The Kier molecular flexibility index (Phi) is 4.43. The van der Waals surface area contributed by atoms with Crippen molar-refractivity contribution in [2.75, 3.05) is 13.1 Å². The fraction of sp³-hybridized carbons (Fsp3) is 0.500. The van der Waals surface area contributed by atoms with E-state index < -0.39 is 5.92 Å². The second-order valence-corrected chi connectivity index (χ2v) is 6.75. The lowest BCUT2D eigenvalue weighted by molar-refractivity contribution is -0.134. The zero-order chi connectivity index (χ0) is 14.8. The van der Waals surface area contributed by atoms with E-state index in [9.17, 15) is 4.79 Å². The SMILES string of the molecule is CC1(C)CCCN(C(=O)C(C(N)=S)c2ccccc2)C1. The summed E-state index contributed by atoms with van der Waals surface area (Å²) >= 11 is 5.13. The van der Waals surface area contributed by atoms with Gasteiger partial charge in [-0.3, -0.25) is 4.79 Å². The van der Waals surface area contributed by atoms with Crippen molar-refractivity contribution in [2.45, 2.75) is 32.6 Å². The van der Waals surface area contributed by atoms with Gasteiger partial charge < -0.3 is 10.6 Å². The Morgan fingerprint density at radius 1 is 1.35 bits per heavy atom. The quantitative estimate of drug-likeness (QED) is 0.871. The Hall–Kier alpha value is -1.42. The molecule has 1 aliphatic heterocycles. The van der Waals surface area contributed by atoms with Gasteiger partial charge in [0.1, 0.15) is 5.92 Å². The molecule has 1 fully saturated rings. The Bertz CT molecular complexity index is 498. The fourth-order valence-electron chi connectivity index (χ4n) is 2.87. The van der Waals surface area contributed by atoms with E-state index in [-0.39, 0.29) is 16.3 Å². The van der Waals surface area contributed by atoms with Crippen LogP contribution >= 0.6 is 12.2 Å². The molecular formula is C16H22N2OS. The Morgan fingerprint density at radius 3 is 2.55 bits per heavy atom. The number of hydrogen-bond donors (Lipinski definition) is 1. The van der Waals surface area contributed by atoms with Crippen molar-refractivity contribution in [1.82, 2.24) is 4.90 Å². The summed E-state index contributed by atoms with van der Waals surface area (Å²) in [4.78, 5) is 15.0. The first-order valence-corrected chi connectivity index (χ1v) is 7.45. The standard InChI is InChI=1S/C16H22N2OS/c1-16(2)9-6-10-18(11-16)15(19)13(14(17)20)12-7-4-3-5-8-12/h3-5,7-8,13H,6,9-11H2,1-2H3,(H2,17,20). The van der Waals surface area contributed by atoms with E-state index in [2.05, 4.69) is 13.8 Å². The van der Waals surface area contributed by atoms with Crippen LogP contribution in [0.2, 0.25) is 0 Å². The zero-order valence-electron chi connectivity index (χ0n) is 12.1. The van der Waals surface area contributed by atoms with Gasteiger partial charge in [-0.05, 0) is 23.8 Å².